The molecule has 0 aliphatic heterocycles. The summed E-state index contributed by atoms with van der Waals surface area (Å²) in [6.45, 7) is 7.69. The zero-order valence-corrected chi connectivity index (χ0v) is 19.7. The molecule has 33 heavy (non-hydrogen) atoms. The van der Waals surface area contributed by atoms with E-state index in [-0.39, 0.29) is 13.2 Å². The fraction of sp³-hybridized carbons (Fsp3) is 0.440. The third-order valence-corrected chi connectivity index (χ3v) is 6.02. The minimum absolute atomic E-state index is 0.166. The van der Waals surface area contributed by atoms with Crippen LogP contribution in [0.15, 0.2) is 18.2 Å². The summed E-state index contributed by atoms with van der Waals surface area (Å²) in [7, 11) is 1.64. The van der Waals surface area contributed by atoms with E-state index in [0.717, 1.165) is 58.7 Å². The van der Waals surface area contributed by atoms with Crippen molar-refractivity contribution in [2.24, 2.45) is 0 Å². The van der Waals surface area contributed by atoms with Crippen molar-refractivity contribution < 1.29 is 23.8 Å². The van der Waals surface area contributed by atoms with Crippen molar-refractivity contribution in [2.75, 3.05) is 20.3 Å². The van der Waals surface area contributed by atoms with Gasteiger partial charge in [-0.1, -0.05) is 6.07 Å². The van der Waals surface area contributed by atoms with E-state index >= 15 is 0 Å². The molecule has 4 rings (SSSR count). The normalized spacial score (nSPS) is 12.8. The number of esters is 2. The van der Waals surface area contributed by atoms with Gasteiger partial charge in [0.15, 0.2) is 11.6 Å². The van der Waals surface area contributed by atoms with E-state index < -0.39 is 17.9 Å². The molecule has 0 bridgehead atoms. The van der Waals surface area contributed by atoms with Crippen LogP contribution in [0.25, 0.3) is 16.8 Å². The lowest BCUT2D eigenvalue weighted by molar-refractivity contribution is -0.157. The average Bonchev–Trinajstić information content (AvgIpc) is 3.37. The lowest BCUT2D eigenvalue weighted by atomic mass is 9.98. The quantitative estimate of drug-likeness (QED) is 0.399. The van der Waals surface area contributed by atoms with Crippen molar-refractivity contribution in [3.8, 4) is 16.9 Å². The molecule has 174 valence electrons. The fourth-order valence-electron chi connectivity index (χ4n) is 4.60. The Labute approximate surface area is 192 Å². The standard InChI is InChI=1S/C25H29N3O5/c1-6-32-24(29)21(25(30)33-7-2)22-18-9-8-10-19(18)26-23-20(15(4)27-28(22)23)17-12-11-16(31-5)13-14(17)3/h11-13,21H,6-10H2,1-5H3. The molecule has 0 amide bonds. The number of fused-ring (bicyclic) bond motifs is 2. The third kappa shape index (κ3) is 3.94. The Kier molecular flexibility index (Phi) is 6.35. The summed E-state index contributed by atoms with van der Waals surface area (Å²) in [4.78, 5) is 30.9. The van der Waals surface area contributed by atoms with E-state index in [1.807, 2.05) is 32.0 Å². The largest absolute Gasteiger partial charge is 0.497 e. The monoisotopic (exact) mass is 451 g/mol. The van der Waals surface area contributed by atoms with Crippen molar-refractivity contribution in [3.05, 3.63) is 46.4 Å². The summed E-state index contributed by atoms with van der Waals surface area (Å²) in [5, 5.41) is 4.76. The first-order valence-corrected chi connectivity index (χ1v) is 11.3. The second-order valence-electron chi connectivity index (χ2n) is 8.09. The summed E-state index contributed by atoms with van der Waals surface area (Å²) >= 11 is 0. The molecule has 8 nitrogen and oxygen atoms in total. The van der Waals surface area contributed by atoms with Crippen LogP contribution >= 0.6 is 0 Å². The number of aromatic nitrogens is 3. The maximum atomic E-state index is 13.0. The zero-order chi connectivity index (χ0) is 23.7. The molecule has 2 aromatic heterocycles. The zero-order valence-electron chi connectivity index (χ0n) is 19.7. The molecule has 1 aliphatic carbocycles. The predicted molar refractivity (Wildman–Crippen MR) is 122 cm³/mol. The molecule has 1 aliphatic rings. The van der Waals surface area contributed by atoms with E-state index in [9.17, 15) is 9.59 Å². The van der Waals surface area contributed by atoms with Crippen molar-refractivity contribution in [1.82, 2.24) is 14.6 Å². The van der Waals surface area contributed by atoms with Crippen LogP contribution in [-0.2, 0) is 31.9 Å². The molecule has 0 unspecified atom stereocenters. The van der Waals surface area contributed by atoms with Crippen LogP contribution in [0.1, 0.15) is 54.4 Å². The molecule has 1 aromatic carbocycles. The second kappa shape index (κ2) is 9.21. The molecular weight excluding hydrogens is 422 g/mol. The number of aryl methyl sites for hydroxylation is 3. The Morgan fingerprint density at radius 2 is 1.79 bits per heavy atom. The van der Waals surface area contributed by atoms with E-state index in [0.29, 0.717) is 11.3 Å². The van der Waals surface area contributed by atoms with Gasteiger partial charge >= 0.3 is 11.9 Å². The molecule has 8 heteroatoms. The fourth-order valence-corrected chi connectivity index (χ4v) is 4.60. The molecule has 0 saturated carbocycles. The van der Waals surface area contributed by atoms with Gasteiger partial charge in [-0.2, -0.15) is 5.10 Å². The Hall–Kier alpha value is -3.42. The lowest BCUT2D eigenvalue weighted by Gasteiger charge is -2.19. The van der Waals surface area contributed by atoms with Crippen molar-refractivity contribution in [3.63, 3.8) is 0 Å². The summed E-state index contributed by atoms with van der Waals surface area (Å²) < 4.78 is 17.6. The van der Waals surface area contributed by atoms with E-state index in [4.69, 9.17) is 24.3 Å². The van der Waals surface area contributed by atoms with Crippen molar-refractivity contribution in [2.45, 2.75) is 52.9 Å². The van der Waals surface area contributed by atoms with Gasteiger partial charge in [-0.05, 0) is 75.8 Å². The topological polar surface area (TPSA) is 92.0 Å². The first-order chi connectivity index (χ1) is 15.9. The van der Waals surface area contributed by atoms with Gasteiger partial charge < -0.3 is 14.2 Å². The summed E-state index contributed by atoms with van der Waals surface area (Å²) in [5.74, 6) is -1.71. The summed E-state index contributed by atoms with van der Waals surface area (Å²) in [6, 6.07) is 5.85. The van der Waals surface area contributed by atoms with Crippen LogP contribution in [-0.4, -0.2) is 46.9 Å². The third-order valence-electron chi connectivity index (χ3n) is 6.02. The van der Waals surface area contributed by atoms with Gasteiger partial charge in [0.2, 0.25) is 0 Å². The average molecular weight is 452 g/mol. The summed E-state index contributed by atoms with van der Waals surface area (Å²) in [5.41, 5.74) is 6.52. The van der Waals surface area contributed by atoms with E-state index in [1.54, 1.807) is 25.5 Å². The molecular formula is C25H29N3O5. The maximum absolute atomic E-state index is 13.0. The highest BCUT2D eigenvalue weighted by Gasteiger charge is 2.39. The number of nitrogens with zero attached hydrogens (tertiary/aromatic N) is 3. The van der Waals surface area contributed by atoms with Gasteiger partial charge in [-0.15, -0.1) is 0 Å². The molecule has 0 saturated heterocycles. The number of hydrogen-bond acceptors (Lipinski definition) is 7. The minimum Gasteiger partial charge on any atom is -0.497 e. The summed E-state index contributed by atoms with van der Waals surface area (Å²) in [6.07, 6.45) is 2.40. The number of hydrogen-bond donors (Lipinski definition) is 0. The van der Waals surface area contributed by atoms with Gasteiger partial charge in [-0.25, -0.2) is 9.50 Å². The Morgan fingerprint density at radius 1 is 1.09 bits per heavy atom. The number of carbonyl (C=O) groups is 2. The van der Waals surface area contributed by atoms with Gasteiger partial charge in [0, 0.05) is 11.3 Å². The van der Waals surface area contributed by atoms with E-state index in [1.165, 1.54) is 0 Å². The Morgan fingerprint density at radius 3 is 2.39 bits per heavy atom. The van der Waals surface area contributed by atoms with Crippen LogP contribution in [0.4, 0.5) is 0 Å². The molecule has 0 radical (unpaired) electrons. The first-order valence-electron chi connectivity index (χ1n) is 11.3. The minimum atomic E-state index is -1.22. The van der Waals surface area contributed by atoms with Crippen LogP contribution < -0.4 is 4.74 Å². The number of methoxy groups -OCH3 is 1. The van der Waals surface area contributed by atoms with Crippen LogP contribution in [0.5, 0.6) is 5.75 Å². The number of carbonyl (C=O) groups excluding carboxylic acids is 2. The van der Waals surface area contributed by atoms with Crippen molar-refractivity contribution >= 4 is 17.6 Å². The SMILES string of the molecule is CCOC(=O)C(C(=O)OCC)c1c2c(nc3c(-c4ccc(OC)cc4C)c(C)nn13)CCC2. The van der Waals surface area contributed by atoms with Crippen LogP contribution in [0.3, 0.4) is 0 Å². The Balaban J connectivity index is 2.01. The molecule has 2 heterocycles. The number of rotatable bonds is 7. The number of benzene rings is 1. The highest BCUT2D eigenvalue weighted by atomic mass is 16.6. The van der Waals surface area contributed by atoms with E-state index in [2.05, 4.69) is 0 Å². The first kappa shape index (κ1) is 22.8. The molecule has 0 fully saturated rings. The van der Waals surface area contributed by atoms with Gasteiger partial charge in [0.1, 0.15) is 5.75 Å². The predicted octanol–water partition coefficient (Wildman–Crippen LogP) is 3.72. The smallest absolute Gasteiger partial charge is 0.326 e. The maximum Gasteiger partial charge on any atom is 0.326 e. The van der Waals surface area contributed by atoms with Crippen LogP contribution in [0.2, 0.25) is 0 Å². The lowest BCUT2D eigenvalue weighted by Crippen LogP contribution is -2.29. The van der Waals surface area contributed by atoms with Gasteiger partial charge in [-0.3, -0.25) is 9.59 Å². The second-order valence-corrected chi connectivity index (χ2v) is 8.09. The van der Waals surface area contributed by atoms with Crippen LogP contribution in [0, 0.1) is 13.8 Å². The molecule has 0 atom stereocenters. The Bertz CT molecular complexity index is 1210. The molecule has 0 spiro atoms. The highest BCUT2D eigenvalue weighted by molar-refractivity contribution is 6.01. The highest BCUT2D eigenvalue weighted by Crippen LogP contribution is 2.37. The van der Waals surface area contributed by atoms with Crippen molar-refractivity contribution in [1.29, 1.82) is 0 Å². The molecule has 3 aromatic rings. The van der Waals surface area contributed by atoms with Gasteiger partial charge in [0.05, 0.1) is 31.7 Å². The van der Waals surface area contributed by atoms with Gasteiger partial charge in [0.25, 0.3) is 0 Å². The molecule has 0 N–H and O–H groups in total. The number of ether oxygens (including phenoxy) is 3.